The van der Waals surface area contributed by atoms with Crippen molar-refractivity contribution in [3.05, 3.63) is 16.1 Å². The summed E-state index contributed by atoms with van der Waals surface area (Å²) in [6.45, 7) is 10.4. The summed E-state index contributed by atoms with van der Waals surface area (Å²) in [5.41, 5.74) is 6.67. The van der Waals surface area contributed by atoms with Crippen LogP contribution in [0.4, 0.5) is 0 Å². The number of hydrogen-bond acceptors (Lipinski definition) is 6. The van der Waals surface area contributed by atoms with Gasteiger partial charge in [0.25, 0.3) is 0 Å². The molecule has 116 valence electrons. The number of nitrogens with two attached hydrogens (primary N) is 1. The van der Waals surface area contributed by atoms with E-state index in [1.807, 2.05) is 13.8 Å². The topological polar surface area (TPSA) is 60.6 Å². The van der Waals surface area contributed by atoms with E-state index in [9.17, 15) is 0 Å². The summed E-state index contributed by atoms with van der Waals surface area (Å²) in [5, 5.41) is 3.25. The molecular weight excluding hydrogens is 274 g/mol. The van der Waals surface area contributed by atoms with Crippen LogP contribution in [0.25, 0.3) is 0 Å². The molecule has 0 spiro atoms. The maximum absolute atomic E-state index is 5.56. The second kappa shape index (κ2) is 11.2. The van der Waals surface area contributed by atoms with Gasteiger partial charge in [0.05, 0.1) is 23.9 Å². The Kier molecular flexibility index (Phi) is 9.78. The quantitative estimate of drug-likeness (QED) is 0.593. The largest absolute Gasteiger partial charge is 0.380 e. The van der Waals surface area contributed by atoms with Crippen LogP contribution >= 0.6 is 11.3 Å². The Morgan fingerprint density at radius 3 is 2.40 bits per heavy atom. The van der Waals surface area contributed by atoms with Crippen molar-refractivity contribution in [1.29, 1.82) is 0 Å². The summed E-state index contributed by atoms with van der Waals surface area (Å²) in [7, 11) is 0. The fourth-order valence-corrected chi connectivity index (χ4v) is 2.64. The predicted octanol–water partition coefficient (Wildman–Crippen LogP) is 1.52. The average Bonchev–Trinajstić information content (AvgIpc) is 2.87. The highest BCUT2D eigenvalue weighted by molar-refractivity contribution is 7.09. The molecule has 0 atom stereocenters. The molecule has 0 saturated carbocycles. The maximum Gasteiger partial charge on any atom is 0.0941 e. The summed E-state index contributed by atoms with van der Waals surface area (Å²) in [6.07, 6.45) is 0.864. The van der Waals surface area contributed by atoms with Crippen LogP contribution in [0.2, 0.25) is 0 Å². The van der Waals surface area contributed by atoms with Crippen molar-refractivity contribution in [2.45, 2.75) is 26.8 Å². The number of rotatable bonds is 12. The summed E-state index contributed by atoms with van der Waals surface area (Å²) in [5.74, 6) is 0. The Hall–Kier alpha value is -0.530. The zero-order chi connectivity index (χ0) is 14.6. The third-order valence-electron chi connectivity index (χ3n) is 2.86. The van der Waals surface area contributed by atoms with Crippen LogP contribution in [0.1, 0.15) is 24.5 Å². The van der Waals surface area contributed by atoms with Gasteiger partial charge in [-0.25, -0.2) is 4.98 Å². The van der Waals surface area contributed by atoms with Crippen molar-refractivity contribution in [2.75, 3.05) is 46.1 Å². The van der Waals surface area contributed by atoms with E-state index in [4.69, 9.17) is 15.2 Å². The lowest BCUT2D eigenvalue weighted by atomic mass is 10.4. The van der Waals surface area contributed by atoms with E-state index in [0.29, 0.717) is 6.54 Å². The molecule has 0 aliphatic heterocycles. The average molecular weight is 301 g/mol. The second-order valence-electron chi connectivity index (χ2n) is 4.44. The van der Waals surface area contributed by atoms with E-state index in [1.165, 1.54) is 0 Å². The minimum atomic E-state index is 0.658. The van der Waals surface area contributed by atoms with Crippen LogP contribution in [0.3, 0.4) is 0 Å². The van der Waals surface area contributed by atoms with Gasteiger partial charge in [-0.05, 0) is 20.4 Å². The smallest absolute Gasteiger partial charge is 0.0941 e. The molecule has 0 aromatic carbocycles. The van der Waals surface area contributed by atoms with E-state index < -0.39 is 0 Å². The van der Waals surface area contributed by atoms with Crippen molar-refractivity contribution in [3.8, 4) is 0 Å². The lowest BCUT2D eigenvalue weighted by Crippen LogP contribution is -2.31. The molecular formula is C14H27N3O2S. The molecule has 0 radical (unpaired) electrons. The third-order valence-corrected chi connectivity index (χ3v) is 3.81. The Morgan fingerprint density at radius 2 is 1.85 bits per heavy atom. The van der Waals surface area contributed by atoms with E-state index in [0.717, 1.165) is 63.2 Å². The van der Waals surface area contributed by atoms with Crippen molar-refractivity contribution < 1.29 is 9.47 Å². The zero-order valence-electron chi connectivity index (χ0n) is 12.6. The van der Waals surface area contributed by atoms with E-state index >= 15 is 0 Å². The van der Waals surface area contributed by atoms with Crippen molar-refractivity contribution in [3.63, 3.8) is 0 Å². The highest BCUT2D eigenvalue weighted by atomic mass is 32.1. The molecule has 0 fully saturated rings. The minimum Gasteiger partial charge on any atom is -0.380 e. The molecule has 6 heteroatoms. The molecule has 1 aromatic heterocycles. The first-order valence-electron chi connectivity index (χ1n) is 7.31. The Balaban J connectivity index is 2.43. The van der Waals surface area contributed by atoms with Crippen molar-refractivity contribution >= 4 is 11.3 Å². The normalized spacial score (nSPS) is 11.4. The first kappa shape index (κ1) is 17.5. The lowest BCUT2D eigenvalue weighted by molar-refractivity contribution is 0.0793. The van der Waals surface area contributed by atoms with Crippen LogP contribution in [0, 0.1) is 0 Å². The second-order valence-corrected chi connectivity index (χ2v) is 5.38. The Labute approximate surface area is 126 Å². The van der Waals surface area contributed by atoms with Crippen LogP contribution in [0.5, 0.6) is 0 Å². The predicted molar refractivity (Wildman–Crippen MR) is 83.1 cm³/mol. The Bertz CT molecular complexity index is 337. The van der Waals surface area contributed by atoms with Gasteiger partial charge in [-0.15, -0.1) is 11.3 Å². The first-order valence-corrected chi connectivity index (χ1v) is 8.19. The van der Waals surface area contributed by atoms with Crippen molar-refractivity contribution in [2.24, 2.45) is 5.73 Å². The number of hydrogen-bond donors (Lipinski definition) is 1. The maximum atomic E-state index is 5.56. The van der Waals surface area contributed by atoms with Gasteiger partial charge in [0.2, 0.25) is 0 Å². The first-order chi connectivity index (χ1) is 9.80. The number of thiazole rings is 1. The van der Waals surface area contributed by atoms with E-state index in [2.05, 4.69) is 15.3 Å². The molecule has 0 amide bonds. The summed E-state index contributed by atoms with van der Waals surface area (Å²) >= 11 is 1.69. The number of ether oxygens (including phenoxy) is 2. The lowest BCUT2D eigenvalue weighted by Gasteiger charge is -2.21. The fourth-order valence-electron chi connectivity index (χ4n) is 1.83. The third kappa shape index (κ3) is 7.31. The summed E-state index contributed by atoms with van der Waals surface area (Å²) < 4.78 is 10.9. The van der Waals surface area contributed by atoms with Gasteiger partial charge in [0.1, 0.15) is 0 Å². The van der Waals surface area contributed by atoms with Gasteiger partial charge in [0, 0.05) is 44.6 Å². The van der Waals surface area contributed by atoms with Gasteiger partial charge in [0.15, 0.2) is 0 Å². The number of aromatic nitrogens is 1. The molecule has 0 aliphatic carbocycles. The van der Waals surface area contributed by atoms with Gasteiger partial charge >= 0.3 is 0 Å². The molecule has 1 heterocycles. The molecule has 1 rings (SSSR count). The molecule has 1 aromatic rings. The van der Waals surface area contributed by atoms with Crippen molar-refractivity contribution in [1.82, 2.24) is 9.88 Å². The molecule has 20 heavy (non-hydrogen) atoms. The fraction of sp³-hybridized carbons (Fsp3) is 0.786. The molecule has 0 unspecified atom stereocenters. The summed E-state index contributed by atoms with van der Waals surface area (Å²) in [4.78, 5) is 6.94. The van der Waals surface area contributed by atoms with Crippen LogP contribution in [0.15, 0.2) is 5.38 Å². The van der Waals surface area contributed by atoms with E-state index in [-0.39, 0.29) is 0 Å². The van der Waals surface area contributed by atoms with E-state index in [1.54, 1.807) is 11.3 Å². The molecule has 0 bridgehead atoms. The SMILES string of the molecule is CCOCCN(CCOCC)Cc1csc(CCN)n1. The van der Waals surface area contributed by atoms with Gasteiger partial charge in [-0.1, -0.05) is 0 Å². The zero-order valence-corrected chi connectivity index (χ0v) is 13.5. The van der Waals surface area contributed by atoms with Crippen LogP contribution in [-0.2, 0) is 22.4 Å². The molecule has 5 nitrogen and oxygen atoms in total. The molecule has 0 saturated heterocycles. The van der Waals surface area contributed by atoms with Gasteiger partial charge < -0.3 is 15.2 Å². The molecule has 2 N–H and O–H groups in total. The number of nitrogens with zero attached hydrogens (tertiary/aromatic N) is 2. The van der Waals surface area contributed by atoms with Gasteiger partial charge in [-0.2, -0.15) is 0 Å². The summed E-state index contributed by atoms with van der Waals surface area (Å²) in [6, 6.07) is 0. The van der Waals surface area contributed by atoms with Crippen LogP contribution in [-0.4, -0.2) is 55.9 Å². The standard InChI is InChI=1S/C14H27N3O2S/c1-3-18-9-7-17(8-10-19-4-2)11-13-12-20-14(16-13)5-6-15/h12H,3-11,15H2,1-2H3. The van der Waals surface area contributed by atoms with Crippen LogP contribution < -0.4 is 5.73 Å². The van der Waals surface area contributed by atoms with Gasteiger partial charge in [-0.3, -0.25) is 4.90 Å². The Morgan fingerprint density at radius 1 is 1.20 bits per heavy atom. The minimum absolute atomic E-state index is 0.658. The monoisotopic (exact) mass is 301 g/mol. The highest BCUT2D eigenvalue weighted by Crippen LogP contribution is 2.12. The molecule has 0 aliphatic rings. The highest BCUT2D eigenvalue weighted by Gasteiger charge is 2.09.